The molecule has 1 N–H and O–H groups in total. The van der Waals surface area contributed by atoms with Crippen LogP contribution in [0.4, 0.5) is 9.93 Å². The fourth-order valence-corrected chi connectivity index (χ4v) is 3.83. The van der Waals surface area contributed by atoms with Crippen LogP contribution in [0.25, 0.3) is 6.08 Å². The fourth-order valence-electron chi connectivity index (χ4n) is 1.73. The summed E-state index contributed by atoms with van der Waals surface area (Å²) >= 11 is 3.58. The normalized spacial score (nSPS) is 16.5. The van der Waals surface area contributed by atoms with Crippen molar-refractivity contribution in [3.8, 4) is 0 Å². The largest absolute Gasteiger partial charge is 0.300 e. The molecular weight excluding hydrogens is 342 g/mol. The first-order chi connectivity index (χ1) is 10.6. The standard InChI is InChI=1S/C13H9N3O3S3/c17-10(15-12-14-3-5-21-12)7-16-11(18)9(22-13(16)19)6-8-2-1-4-20-8/h1-6H,7H2,(H,14,15,17). The molecule has 3 heterocycles. The molecule has 3 rings (SSSR count). The highest BCUT2D eigenvalue weighted by Gasteiger charge is 2.36. The lowest BCUT2D eigenvalue weighted by molar-refractivity contribution is -0.127. The third kappa shape index (κ3) is 3.26. The number of thiazole rings is 1. The van der Waals surface area contributed by atoms with Gasteiger partial charge in [0.25, 0.3) is 11.1 Å². The van der Waals surface area contributed by atoms with Gasteiger partial charge in [0.15, 0.2) is 5.13 Å². The number of hydrogen-bond donors (Lipinski definition) is 1. The van der Waals surface area contributed by atoms with E-state index in [0.717, 1.165) is 21.5 Å². The highest BCUT2D eigenvalue weighted by atomic mass is 32.2. The summed E-state index contributed by atoms with van der Waals surface area (Å²) in [5.74, 6) is -0.896. The van der Waals surface area contributed by atoms with E-state index in [1.165, 1.54) is 22.7 Å². The highest BCUT2D eigenvalue weighted by Crippen LogP contribution is 2.32. The summed E-state index contributed by atoms with van der Waals surface area (Å²) in [5.41, 5.74) is 0. The molecule has 0 atom stereocenters. The van der Waals surface area contributed by atoms with Gasteiger partial charge in [-0.05, 0) is 29.3 Å². The molecule has 0 unspecified atom stereocenters. The predicted octanol–water partition coefficient (Wildman–Crippen LogP) is 2.88. The molecule has 0 aromatic carbocycles. The minimum absolute atomic E-state index is 0.313. The van der Waals surface area contributed by atoms with Gasteiger partial charge in [-0.25, -0.2) is 4.98 Å². The van der Waals surface area contributed by atoms with Crippen molar-refractivity contribution in [2.24, 2.45) is 0 Å². The molecule has 2 aromatic heterocycles. The number of imide groups is 1. The Morgan fingerprint density at radius 2 is 2.18 bits per heavy atom. The maximum absolute atomic E-state index is 12.2. The van der Waals surface area contributed by atoms with Crippen LogP contribution in [0.3, 0.4) is 0 Å². The van der Waals surface area contributed by atoms with Crippen LogP contribution in [0.1, 0.15) is 4.88 Å². The quantitative estimate of drug-likeness (QED) is 0.857. The molecular formula is C13H9N3O3S3. The van der Waals surface area contributed by atoms with Gasteiger partial charge in [0.2, 0.25) is 5.91 Å². The summed E-state index contributed by atoms with van der Waals surface area (Å²) < 4.78 is 0. The van der Waals surface area contributed by atoms with E-state index in [-0.39, 0.29) is 6.54 Å². The molecule has 1 aliphatic heterocycles. The summed E-state index contributed by atoms with van der Waals surface area (Å²) in [5, 5.41) is 6.15. The Hall–Kier alpha value is -1.97. The van der Waals surface area contributed by atoms with Crippen molar-refractivity contribution in [3.63, 3.8) is 0 Å². The van der Waals surface area contributed by atoms with Crippen LogP contribution >= 0.6 is 34.4 Å². The lowest BCUT2D eigenvalue weighted by atomic mass is 10.3. The van der Waals surface area contributed by atoms with Gasteiger partial charge in [0.1, 0.15) is 6.54 Å². The Bertz CT molecular complexity index is 738. The van der Waals surface area contributed by atoms with Crippen LogP contribution in [0.2, 0.25) is 0 Å². The number of rotatable bonds is 4. The lowest BCUT2D eigenvalue weighted by Gasteiger charge is -2.11. The maximum Gasteiger partial charge on any atom is 0.294 e. The van der Waals surface area contributed by atoms with Crippen LogP contribution in [0.5, 0.6) is 0 Å². The molecule has 0 saturated carbocycles. The molecule has 6 nitrogen and oxygen atoms in total. The number of thiophene rings is 1. The van der Waals surface area contributed by atoms with Crippen LogP contribution in [-0.4, -0.2) is 33.5 Å². The highest BCUT2D eigenvalue weighted by molar-refractivity contribution is 8.18. The molecule has 0 radical (unpaired) electrons. The number of thioether (sulfide) groups is 1. The third-order valence-electron chi connectivity index (χ3n) is 2.67. The summed E-state index contributed by atoms with van der Waals surface area (Å²) in [4.78, 5) is 42.0. The monoisotopic (exact) mass is 351 g/mol. The van der Waals surface area contributed by atoms with Gasteiger partial charge < -0.3 is 5.32 Å². The third-order valence-corrected chi connectivity index (χ3v) is 5.09. The molecule has 2 aromatic rings. The van der Waals surface area contributed by atoms with Gasteiger partial charge in [-0.1, -0.05) is 6.07 Å². The van der Waals surface area contributed by atoms with Crippen molar-refractivity contribution < 1.29 is 14.4 Å². The van der Waals surface area contributed by atoms with Crippen molar-refractivity contribution in [2.75, 3.05) is 11.9 Å². The Morgan fingerprint density at radius 1 is 1.32 bits per heavy atom. The number of nitrogens with zero attached hydrogens (tertiary/aromatic N) is 2. The van der Waals surface area contributed by atoms with E-state index in [4.69, 9.17) is 0 Å². The summed E-state index contributed by atoms with van der Waals surface area (Å²) in [7, 11) is 0. The molecule has 1 aliphatic rings. The molecule has 0 aliphatic carbocycles. The van der Waals surface area contributed by atoms with E-state index in [9.17, 15) is 14.4 Å². The van der Waals surface area contributed by atoms with Gasteiger partial charge in [-0.15, -0.1) is 22.7 Å². The first-order valence-corrected chi connectivity index (χ1v) is 8.69. The Balaban J connectivity index is 1.68. The van der Waals surface area contributed by atoms with E-state index < -0.39 is 17.1 Å². The van der Waals surface area contributed by atoms with Crippen molar-refractivity contribution in [1.82, 2.24) is 9.88 Å². The average molecular weight is 351 g/mol. The number of amides is 3. The minimum Gasteiger partial charge on any atom is -0.300 e. The maximum atomic E-state index is 12.2. The van der Waals surface area contributed by atoms with Crippen LogP contribution in [0, 0.1) is 0 Å². The van der Waals surface area contributed by atoms with Crippen molar-refractivity contribution >= 4 is 62.7 Å². The predicted molar refractivity (Wildman–Crippen MR) is 87.7 cm³/mol. The van der Waals surface area contributed by atoms with Crippen molar-refractivity contribution in [3.05, 3.63) is 38.9 Å². The average Bonchev–Trinajstić information content (AvgIpc) is 3.20. The summed E-state index contributed by atoms with van der Waals surface area (Å²) in [6.45, 7) is -0.313. The first kappa shape index (κ1) is 14.9. The molecule has 0 spiro atoms. The van der Waals surface area contributed by atoms with Crippen LogP contribution in [0.15, 0.2) is 34.0 Å². The fraction of sp³-hybridized carbons (Fsp3) is 0.0769. The summed E-state index contributed by atoms with van der Waals surface area (Å²) in [6, 6.07) is 3.72. The molecule has 1 fully saturated rings. The van der Waals surface area contributed by atoms with Crippen molar-refractivity contribution in [2.45, 2.75) is 0 Å². The zero-order chi connectivity index (χ0) is 15.5. The SMILES string of the molecule is O=C(CN1C(=O)SC(=Cc2cccs2)C1=O)Nc1nccs1. The number of carbonyl (C=O) groups is 3. The Kier molecular flexibility index (Phi) is 4.36. The van der Waals surface area contributed by atoms with Crippen LogP contribution < -0.4 is 5.32 Å². The summed E-state index contributed by atoms with van der Waals surface area (Å²) in [6.07, 6.45) is 3.22. The van der Waals surface area contributed by atoms with Gasteiger partial charge >= 0.3 is 0 Å². The molecule has 3 amide bonds. The number of anilines is 1. The van der Waals surface area contributed by atoms with E-state index >= 15 is 0 Å². The zero-order valence-corrected chi connectivity index (χ0v) is 13.5. The van der Waals surface area contributed by atoms with Gasteiger partial charge in [0.05, 0.1) is 4.91 Å². The Morgan fingerprint density at radius 3 is 2.86 bits per heavy atom. The van der Waals surface area contributed by atoms with Gasteiger partial charge in [-0.2, -0.15) is 0 Å². The second-order valence-electron chi connectivity index (χ2n) is 4.17. The Labute approximate surface area is 137 Å². The van der Waals surface area contributed by atoms with E-state index in [1.807, 2.05) is 17.5 Å². The topological polar surface area (TPSA) is 79.4 Å². The minimum atomic E-state index is -0.449. The second-order valence-corrected chi connectivity index (χ2v) is 7.04. The molecule has 112 valence electrons. The number of carbonyl (C=O) groups excluding carboxylic acids is 3. The molecule has 22 heavy (non-hydrogen) atoms. The van der Waals surface area contributed by atoms with Gasteiger partial charge in [-0.3, -0.25) is 19.3 Å². The second kappa shape index (κ2) is 6.42. The molecule has 9 heteroatoms. The van der Waals surface area contributed by atoms with Gasteiger partial charge in [0, 0.05) is 16.5 Å². The first-order valence-electron chi connectivity index (χ1n) is 6.12. The van der Waals surface area contributed by atoms with E-state index in [0.29, 0.717) is 10.0 Å². The number of hydrogen-bond acceptors (Lipinski definition) is 7. The number of aromatic nitrogens is 1. The lowest BCUT2D eigenvalue weighted by Crippen LogP contribution is -2.36. The van der Waals surface area contributed by atoms with E-state index in [1.54, 1.807) is 17.7 Å². The molecule has 0 bridgehead atoms. The smallest absolute Gasteiger partial charge is 0.294 e. The zero-order valence-electron chi connectivity index (χ0n) is 11.0. The van der Waals surface area contributed by atoms with Crippen LogP contribution in [-0.2, 0) is 9.59 Å². The van der Waals surface area contributed by atoms with Crippen molar-refractivity contribution in [1.29, 1.82) is 0 Å². The van der Waals surface area contributed by atoms with E-state index in [2.05, 4.69) is 10.3 Å². The number of nitrogens with one attached hydrogen (secondary N) is 1. The molecule has 1 saturated heterocycles.